The molecule has 0 radical (unpaired) electrons. The van der Waals surface area contributed by atoms with E-state index in [-0.39, 0.29) is 22.2 Å². The SMILES string of the molecule is COC(=O)C1(C)C2CCC1(C)C(Cl)C2. The lowest BCUT2D eigenvalue weighted by molar-refractivity contribution is -0.158. The fourth-order valence-corrected chi connectivity index (χ4v) is 4.00. The summed E-state index contributed by atoms with van der Waals surface area (Å²) >= 11 is 6.33. The third-order valence-electron chi connectivity index (χ3n) is 4.81. The van der Waals surface area contributed by atoms with E-state index in [4.69, 9.17) is 16.3 Å². The van der Waals surface area contributed by atoms with E-state index in [0.29, 0.717) is 5.92 Å². The minimum absolute atomic E-state index is 0.0632. The highest BCUT2D eigenvalue weighted by molar-refractivity contribution is 6.21. The van der Waals surface area contributed by atoms with Gasteiger partial charge in [-0.3, -0.25) is 4.79 Å². The predicted molar refractivity (Wildman–Crippen MR) is 55.2 cm³/mol. The molecule has 0 aromatic heterocycles. The lowest BCUT2D eigenvalue weighted by atomic mass is 9.69. The molecule has 0 aliphatic heterocycles. The maximum absolute atomic E-state index is 11.9. The van der Waals surface area contributed by atoms with E-state index in [1.807, 2.05) is 6.92 Å². The molecular formula is C11H17ClO2. The maximum Gasteiger partial charge on any atom is 0.312 e. The molecule has 2 fully saturated rings. The molecule has 4 atom stereocenters. The van der Waals surface area contributed by atoms with Gasteiger partial charge in [0, 0.05) is 10.8 Å². The Morgan fingerprint density at radius 1 is 1.50 bits per heavy atom. The third kappa shape index (κ3) is 0.906. The van der Waals surface area contributed by atoms with E-state index in [0.717, 1.165) is 19.3 Å². The summed E-state index contributed by atoms with van der Waals surface area (Å²) in [6, 6.07) is 0. The molecule has 2 rings (SSSR count). The van der Waals surface area contributed by atoms with Crippen LogP contribution in [0.1, 0.15) is 33.1 Å². The molecule has 80 valence electrons. The van der Waals surface area contributed by atoms with E-state index in [2.05, 4.69) is 6.92 Å². The summed E-state index contributed by atoms with van der Waals surface area (Å²) in [5, 5.41) is 0.130. The summed E-state index contributed by atoms with van der Waals surface area (Å²) in [7, 11) is 1.47. The maximum atomic E-state index is 11.9. The van der Waals surface area contributed by atoms with Crippen molar-refractivity contribution in [3.8, 4) is 0 Å². The Hall–Kier alpha value is -0.240. The number of alkyl halides is 1. The molecule has 2 aliphatic carbocycles. The molecular weight excluding hydrogens is 200 g/mol. The Morgan fingerprint density at radius 3 is 2.50 bits per heavy atom. The first kappa shape index (κ1) is 10.3. The van der Waals surface area contributed by atoms with Crippen LogP contribution in [0.15, 0.2) is 0 Å². The number of halogens is 1. The van der Waals surface area contributed by atoms with Crippen LogP contribution < -0.4 is 0 Å². The first-order valence-electron chi connectivity index (χ1n) is 5.19. The van der Waals surface area contributed by atoms with Gasteiger partial charge in [-0.05, 0) is 32.1 Å². The van der Waals surface area contributed by atoms with Gasteiger partial charge >= 0.3 is 5.97 Å². The van der Waals surface area contributed by atoms with Gasteiger partial charge in [0.2, 0.25) is 0 Å². The van der Waals surface area contributed by atoms with Crippen molar-refractivity contribution >= 4 is 17.6 Å². The van der Waals surface area contributed by atoms with Gasteiger partial charge < -0.3 is 4.74 Å². The molecule has 0 spiro atoms. The molecule has 0 aromatic carbocycles. The number of rotatable bonds is 1. The van der Waals surface area contributed by atoms with Crippen molar-refractivity contribution in [1.29, 1.82) is 0 Å². The number of carbonyl (C=O) groups excluding carboxylic acids is 1. The minimum Gasteiger partial charge on any atom is -0.469 e. The Kier molecular flexibility index (Phi) is 2.11. The molecule has 2 aliphatic rings. The van der Waals surface area contributed by atoms with E-state index in [9.17, 15) is 4.79 Å². The molecule has 0 heterocycles. The average molecular weight is 217 g/mol. The van der Waals surface area contributed by atoms with E-state index in [1.165, 1.54) is 7.11 Å². The zero-order chi connectivity index (χ0) is 10.6. The number of esters is 1. The van der Waals surface area contributed by atoms with Crippen LogP contribution in [0.25, 0.3) is 0 Å². The number of hydrogen-bond donors (Lipinski definition) is 0. The number of ether oxygens (including phenoxy) is 1. The second kappa shape index (κ2) is 2.88. The third-order valence-corrected chi connectivity index (χ3v) is 5.47. The molecule has 0 amide bonds. The Bertz CT molecular complexity index is 278. The number of hydrogen-bond acceptors (Lipinski definition) is 2. The second-order valence-corrected chi connectivity index (χ2v) is 5.58. The van der Waals surface area contributed by atoms with Crippen molar-refractivity contribution in [2.75, 3.05) is 7.11 Å². The van der Waals surface area contributed by atoms with Crippen LogP contribution in [0.2, 0.25) is 0 Å². The highest BCUT2D eigenvalue weighted by Crippen LogP contribution is 2.67. The topological polar surface area (TPSA) is 26.3 Å². The summed E-state index contributed by atoms with van der Waals surface area (Å²) in [5.74, 6) is 0.341. The van der Waals surface area contributed by atoms with Crippen molar-refractivity contribution in [2.24, 2.45) is 16.7 Å². The van der Waals surface area contributed by atoms with E-state index in [1.54, 1.807) is 0 Å². The zero-order valence-corrected chi connectivity index (χ0v) is 9.73. The van der Waals surface area contributed by atoms with Crippen LogP contribution in [-0.2, 0) is 9.53 Å². The van der Waals surface area contributed by atoms with Gasteiger partial charge in [0.25, 0.3) is 0 Å². The largest absolute Gasteiger partial charge is 0.469 e. The first-order valence-corrected chi connectivity index (χ1v) is 5.63. The standard InChI is InChI=1S/C11H17ClO2/c1-10-5-4-7(6-8(10)12)11(10,2)9(13)14-3/h7-8H,4-6H2,1-3H3. The normalized spacial score (nSPS) is 50.9. The van der Waals surface area contributed by atoms with Crippen molar-refractivity contribution in [3.05, 3.63) is 0 Å². The molecule has 0 N–H and O–H groups in total. The molecule has 0 saturated heterocycles. The van der Waals surface area contributed by atoms with Gasteiger partial charge in [-0.25, -0.2) is 0 Å². The monoisotopic (exact) mass is 216 g/mol. The van der Waals surface area contributed by atoms with Crippen LogP contribution in [0, 0.1) is 16.7 Å². The number of carbonyl (C=O) groups is 1. The Labute approximate surface area is 90.0 Å². The van der Waals surface area contributed by atoms with Crippen LogP contribution >= 0.6 is 11.6 Å². The van der Waals surface area contributed by atoms with Crippen LogP contribution in [0.3, 0.4) is 0 Å². The lowest BCUT2D eigenvalue weighted by Crippen LogP contribution is -2.42. The van der Waals surface area contributed by atoms with Gasteiger partial charge in [0.05, 0.1) is 12.5 Å². The zero-order valence-electron chi connectivity index (χ0n) is 8.97. The minimum atomic E-state index is -0.353. The number of methoxy groups -OCH3 is 1. The lowest BCUT2D eigenvalue weighted by Gasteiger charge is -2.36. The fraction of sp³-hybridized carbons (Fsp3) is 0.909. The Morgan fingerprint density at radius 2 is 2.14 bits per heavy atom. The van der Waals surface area contributed by atoms with E-state index >= 15 is 0 Å². The van der Waals surface area contributed by atoms with Gasteiger partial charge in [-0.15, -0.1) is 11.6 Å². The van der Waals surface area contributed by atoms with Crippen LogP contribution in [0.5, 0.6) is 0 Å². The van der Waals surface area contributed by atoms with Crippen LogP contribution in [0.4, 0.5) is 0 Å². The highest BCUT2D eigenvalue weighted by atomic mass is 35.5. The molecule has 4 unspecified atom stereocenters. The fourth-order valence-electron chi connectivity index (χ4n) is 3.45. The van der Waals surface area contributed by atoms with Gasteiger partial charge in [0.1, 0.15) is 0 Å². The molecule has 14 heavy (non-hydrogen) atoms. The summed E-state index contributed by atoms with van der Waals surface area (Å²) in [5.41, 5.74) is -0.416. The van der Waals surface area contributed by atoms with Crippen molar-refractivity contribution in [1.82, 2.24) is 0 Å². The van der Waals surface area contributed by atoms with Gasteiger partial charge in [0.15, 0.2) is 0 Å². The van der Waals surface area contributed by atoms with Crippen molar-refractivity contribution in [3.63, 3.8) is 0 Å². The van der Waals surface area contributed by atoms with Gasteiger partial charge in [-0.2, -0.15) is 0 Å². The smallest absolute Gasteiger partial charge is 0.312 e. The second-order valence-electron chi connectivity index (χ2n) is 5.05. The molecule has 0 aromatic rings. The molecule has 2 bridgehead atoms. The first-order chi connectivity index (χ1) is 6.46. The summed E-state index contributed by atoms with van der Waals surface area (Å²) < 4.78 is 4.93. The van der Waals surface area contributed by atoms with Crippen molar-refractivity contribution < 1.29 is 9.53 Å². The quantitative estimate of drug-likeness (QED) is 0.498. The van der Waals surface area contributed by atoms with E-state index < -0.39 is 0 Å². The summed E-state index contributed by atoms with van der Waals surface area (Å²) in [6.45, 7) is 4.16. The van der Waals surface area contributed by atoms with Crippen LogP contribution in [-0.4, -0.2) is 18.5 Å². The number of fused-ring (bicyclic) bond motifs is 2. The Balaban J connectivity index is 2.41. The highest BCUT2D eigenvalue weighted by Gasteiger charge is 2.67. The van der Waals surface area contributed by atoms with Gasteiger partial charge in [-0.1, -0.05) is 6.92 Å². The predicted octanol–water partition coefficient (Wildman–Crippen LogP) is 2.59. The molecule has 3 heteroatoms. The summed E-state index contributed by atoms with van der Waals surface area (Å²) in [4.78, 5) is 11.9. The molecule has 2 nitrogen and oxygen atoms in total. The van der Waals surface area contributed by atoms with Crippen molar-refractivity contribution in [2.45, 2.75) is 38.5 Å². The average Bonchev–Trinajstić information content (AvgIpc) is 2.52. The summed E-state index contributed by atoms with van der Waals surface area (Å²) in [6.07, 6.45) is 3.13. The molecule has 2 saturated carbocycles.